The van der Waals surface area contributed by atoms with Crippen molar-refractivity contribution >= 4 is 9.84 Å². The molecule has 0 N–H and O–H groups in total. The third-order valence-electron chi connectivity index (χ3n) is 0.785. The summed E-state index contributed by atoms with van der Waals surface area (Å²) < 4.78 is 20.7. The summed E-state index contributed by atoms with van der Waals surface area (Å²) in [5.41, 5.74) is 0. The van der Waals surface area contributed by atoms with Gasteiger partial charge in [-0.05, 0) is 6.08 Å². The van der Waals surface area contributed by atoms with Crippen LogP contribution in [-0.2, 0) is 9.84 Å². The Hall–Kier alpha value is -0.310. The Morgan fingerprint density at radius 3 is 2.43 bits per heavy atom. The highest BCUT2D eigenvalue weighted by Gasteiger charge is 2.10. The molecule has 0 aromatic heterocycles. The fourth-order valence-corrected chi connectivity index (χ4v) is 1.29. The molecule has 0 amide bonds. The largest absolute Gasteiger partial charge is 0.228 e. The van der Waals surface area contributed by atoms with Gasteiger partial charge < -0.3 is 0 Å². The molecule has 0 aromatic carbocycles. The Balaban J connectivity index is 2.88. The van der Waals surface area contributed by atoms with Gasteiger partial charge in [0, 0.05) is 0 Å². The van der Waals surface area contributed by atoms with Crippen LogP contribution in [0, 0.1) is 6.08 Å². The van der Waals surface area contributed by atoms with E-state index in [1.54, 1.807) is 6.08 Å². The maximum absolute atomic E-state index is 10.3. The van der Waals surface area contributed by atoms with Gasteiger partial charge >= 0.3 is 0 Å². The van der Waals surface area contributed by atoms with Gasteiger partial charge in [0.15, 0.2) is 9.84 Å². The second-order valence-electron chi connectivity index (χ2n) is 1.46. The van der Waals surface area contributed by atoms with E-state index in [4.69, 9.17) is 0 Å². The van der Waals surface area contributed by atoms with Crippen molar-refractivity contribution < 1.29 is 8.42 Å². The minimum absolute atomic E-state index is 0.118. The average molecular weight is 117 g/mol. The molecule has 0 fully saturated rings. The predicted molar refractivity (Wildman–Crippen MR) is 26.5 cm³/mol. The molecule has 0 aliphatic carbocycles. The van der Waals surface area contributed by atoms with E-state index in [9.17, 15) is 8.42 Å². The van der Waals surface area contributed by atoms with Crippen LogP contribution in [0.3, 0.4) is 0 Å². The second-order valence-corrected chi connectivity index (χ2v) is 3.57. The fourth-order valence-electron chi connectivity index (χ4n) is 0.431. The van der Waals surface area contributed by atoms with Crippen LogP contribution in [0.15, 0.2) is 6.08 Å². The van der Waals surface area contributed by atoms with Gasteiger partial charge in [-0.15, -0.1) is 0 Å². The van der Waals surface area contributed by atoms with Gasteiger partial charge in [-0.25, -0.2) is 8.42 Å². The molecule has 2 nitrogen and oxygen atoms in total. The van der Waals surface area contributed by atoms with Crippen LogP contribution in [-0.4, -0.2) is 19.9 Å². The van der Waals surface area contributed by atoms with Gasteiger partial charge in [0.2, 0.25) is 0 Å². The molecule has 1 rings (SSSR count). The number of hydrogen-bond acceptors (Lipinski definition) is 2. The van der Waals surface area contributed by atoms with E-state index >= 15 is 0 Å². The summed E-state index contributed by atoms with van der Waals surface area (Å²) >= 11 is 0. The van der Waals surface area contributed by atoms with Crippen molar-refractivity contribution in [3.05, 3.63) is 12.2 Å². The van der Waals surface area contributed by atoms with E-state index in [1.807, 2.05) is 0 Å². The van der Waals surface area contributed by atoms with Gasteiger partial charge in [0.25, 0.3) is 0 Å². The first-order chi connectivity index (χ1) is 3.21. The second kappa shape index (κ2) is 1.33. The molecule has 1 aliphatic rings. The maximum Gasteiger partial charge on any atom is 0.158 e. The van der Waals surface area contributed by atoms with Crippen LogP contribution < -0.4 is 0 Å². The molecule has 3 heteroatoms. The van der Waals surface area contributed by atoms with E-state index < -0.39 is 9.84 Å². The Kier molecular flexibility index (Phi) is 0.922. The minimum Gasteiger partial charge on any atom is -0.228 e. The van der Waals surface area contributed by atoms with Crippen molar-refractivity contribution in [1.29, 1.82) is 0 Å². The summed E-state index contributed by atoms with van der Waals surface area (Å²) in [5.74, 6) is 0.306. The molecule has 1 radical (unpaired) electrons. The average Bonchev–Trinajstić information content (AvgIpc) is 1.84. The van der Waals surface area contributed by atoms with Gasteiger partial charge in [-0.1, -0.05) is 6.08 Å². The third-order valence-corrected chi connectivity index (χ3v) is 2.07. The van der Waals surface area contributed by atoms with Crippen molar-refractivity contribution in [3.8, 4) is 0 Å². The Morgan fingerprint density at radius 1 is 1.57 bits per heavy atom. The monoisotopic (exact) mass is 117 g/mol. The van der Waals surface area contributed by atoms with Crippen molar-refractivity contribution in [3.63, 3.8) is 0 Å². The van der Waals surface area contributed by atoms with E-state index in [1.165, 1.54) is 0 Å². The molecule has 0 unspecified atom stereocenters. The number of hydrogen-bond donors (Lipinski definition) is 0. The van der Waals surface area contributed by atoms with Crippen molar-refractivity contribution in [2.45, 2.75) is 0 Å². The highest BCUT2D eigenvalue weighted by molar-refractivity contribution is 7.91. The molecule has 7 heavy (non-hydrogen) atoms. The highest BCUT2D eigenvalue weighted by atomic mass is 32.2. The van der Waals surface area contributed by atoms with Gasteiger partial charge in [0.05, 0.1) is 11.5 Å². The van der Waals surface area contributed by atoms with E-state index in [0.29, 0.717) is 0 Å². The summed E-state index contributed by atoms with van der Waals surface area (Å²) in [5, 5.41) is 0. The zero-order valence-corrected chi connectivity index (χ0v) is 4.53. The Morgan fingerprint density at radius 2 is 2.29 bits per heavy atom. The first kappa shape index (κ1) is 4.84. The smallest absolute Gasteiger partial charge is 0.158 e. The van der Waals surface area contributed by atoms with E-state index in [-0.39, 0.29) is 11.5 Å². The van der Waals surface area contributed by atoms with E-state index in [2.05, 4.69) is 6.08 Å². The molecule has 1 heterocycles. The van der Waals surface area contributed by atoms with Gasteiger partial charge in [-0.2, -0.15) is 0 Å². The summed E-state index contributed by atoms with van der Waals surface area (Å²) in [6, 6.07) is 0. The number of sulfone groups is 1. The first-order valence-electron chi connectivity index (χ1n) is 1.96. The molecular weight excluding hydrogens is 112 g/mol. The van der Waals surface area contributed by atoms with Crippen molar-refractivity contribution in [2.24, 2.45) is 0 Å². The zero-order valence-electron chi connectivity index (χ0n) is 3.72. The molecule has 0 saturated heterocycles. The van der Waals surface area contributed by atoms with Crippen LogP contribution >= 0.6 is 0 Å². The topological polar surface area (TPSA) is 34.1 Å². The molecule has 0 saturated carbocycles. The SMILES string of the molecule is O=S1(=O)C[C]=CC1. The molecule has 0 aromatic rings. The predicted octanol–water partition coefficient (Wildman–Crippen LogP) is -0.226. The lowest BCUT2D eigenvalue weighted by Gasteiger charge is -1.82. The zero-order chi connectivity index (χ0) is 5.33. The normalized spacial score (nSPS) is 25.7. The van der Waals surface area contributed by atoms with Crippen LogP contribution in [0.4, 0.5) is 0 Å². The molecule has 0 atom stereocenters. The molecule has 0 spiro atoms. The fraction of sp³-hybridized carbons (Fsp3) is 0.500. The molecule has 0 bridgehead atoms. The lowest BCUT2D eigenvalue weighted by atomic mass is 10.6. The standard InChI is InChI=1S/C4H5O2S/c5-7(6)3-1-2-4-7/h1H,3-4H2. The van der Waals surface area contributed by atoms with Crippen LogP contribution in [0.1, 0.15) is 0 Å². The number of rotatable bonds is 0. The third kappa shape index (κ3) is 1.03. The van der Waals surface area contributed by atoms with Crippen LogP contribution in [0.5, 0.6) is 0 Å². The molecule has 39 valence electrons. The molecule has 1 aliphatic heterocycles. The lowest BCUT2D eigenvalue weighted by Crippen LogP contribution is -1.99. The van der Waals surface area contributed by atoms with Gasteiger partial charge in [0.1, 0.15) is 0 Å². The Labute approximate surface area is 42.8 Å². The highest BCUT2D eigenvalue weighted by Crippen LogP contribution is 1.97. The lowest BCUT2D eigenvalue weighted by molar-refractivity contribution is 0.603. The summed E-state index contributed by atoms with van der Waals surface area (Å²) in [7, 11) is -2.71. The van der Waals surface area contributed by atoms with Crippen LogP contribution in [0.25, 0.3) is 0 Å². The van der Waals surface area contributed by atoms with E-state index in [0.717, 1.165) is 0 Å². The first-order valence-corrected chi connectivity index (χ1v) is 3.78. The summed E-state index contributed by atoms with van der Waals surface area (Å²) in [6.45, 7) is 0. The van der Waals surface area contributed by atoms with Crippen molar-refractivity contribution in [1.82, 2.24) is 0 Å². The van der Waals surface area contributed by atoms with Crippen molar-refractivity contribution in [2.75, 3.05) is 11.5 Å². The maximum atomic E-state index is 10.3. The minimum atomic E-state index is -2.71. The summed E-state index contributed by atoms with van der Waals surface area (Å²) in [4.78, 5) is 0. The van der Waals surface area contributed by atoms with Crippen LogP contribution in [0.2, 0.25) is 0 Å². The summed E-state index contributed by atoms with van der Waals surface area (Å²) in [6.07, 6.45) is 4.15. The molecular formula is C4H5O2S. The quantitative estimate of drug-likeness (QED) is 0.439. The van der Waals surface area contributed by atoms with Gasteiger partial charge in [-0.3, -0.25) is 0 Å². The Bertz CT molecular complexity index is 162.